The summed E-state index contributed by atoms with van der Waals surface area (Å²) in [6.07, 6.45) is 0. The van der Waals surface area contributed by atoms with E-state index in [4.69, 9.17) is 17.3 Å². The molecule has 0 saturated carbocycles. The number of alkyl halides is 1. The molecule has 0 aliphatic rings. The van der Waals surface area contributed by atoms with Crippen LogP contribution in [-0.2, 0) is 5.88 Å². The predicted molar refractivity (Wildman–Crippen MR) is 57.9 cm³/mol. The van der Waals surface area contributed by atoms with E-state index in [0.29, 0.717) is 5.88 Å². The largest absolute Gasteiger partial charge is 0.399 e. The maximum atomic E-state index is 5.82. The van der Waals surface area contributed by atoms with Crippen LogP contribution in [0.25, 0.3) is 10.8 Å². The van der Waals surface area contributed by atoms with E-state index >= 15 is 0 Å². The molecule has 0 unspecified atom stereocenters. The smallest absolute Gasteiger partial charge is 0.0480 e. The van der Waals surface area contributed by atoms with Crippen molar-refractivity contribution in [2.75, 3.05) is 5.73 Å². The molecule has 0 fully saturated rings. The van der Waals surface area contributed by atoms with Crippen LogP contribution in [0.3, 0.4) is 0 Å². The third-order valence-corrected chi connectivity index (χ3v) is 2.40. The van der Waals surface area contributed by atoms with Crippen molar-refractivity contribution in [3.8, 4) is 0 Å². The molecule has 0 heterocycles. The van der Waals surface area contributed by atoms with Gasteiger partial charge in [-0.3, -0.25) is 0 Å². The number of hydrogen-bond acceptors (Lipinski definition) is 1. The zero-order valence-electron chi connectivity index (χ0n) is 7.13. The van der Waals surface area contributed by atoms with Crippen molar-refractivity contribution in [3.63, 3.8) is 0 Å². The molecule has 2 aromatic rings. The molecule has 0 aromatic heterocycles. The van der Waals surface area contributed by atoms with Gasteiger partial charge in [0.15, 0.2) is 0 Å². The Balaban J connectivity index is 2.81. The van der Waals surface area contributed by atoms with E-state index < -0.39 is 0 Å². The lowest BCUT2D eigenvalue weighted by atomic mass is 10.0. The maximum absolute atomic E-state index is 5.82. The van der Waals surface area contributed by atoms with Crippen molar-refractivity contribution >= 4 is 28.1 Å². The lowest BCUT2D eigenvalue weighted by Crippen LogP contribution is -1.88. The van der Waals surface area contributed by atoms with Gasteiger partial charge in [0.1, 0.15) is 0 Å². The van der Waals surface area contributed by atoms with E-state index in [1.165, 1.54) is 5.39 Å². The van der Waals surface area contributed by atoms with Crippen molar-refractivity contribution < 1.29 is 0 Å². The highest BCUT2D eigenvalue weighted by Crippen LogP contribution is 2.23. The lowest BCUT2D eigenvalue weighted by molar-refractivity contribution is 1.45. The minimum absolute atomic E-state index is 0.506. The van der Waals surface area contributed by atoms with Gasteiger partial charge in [0.25, 0.3) is 0 Å². The van der Waals surface area contributed by atoms with Crippen molar-refractivity contribution in [2.24, 2.45) is 0 Å². The van der Waals surface area contributed by atoms with Crippen molar-refractivity contribution in [3.05, 3.63) is 42.0 Å². The van der Waals surface area contributed by atoms with Gasteiger partial charge in [-0.05, 0) is 28.5 Å². The van der Waals surface area contributed by atoms with E-state index in [9.17, 15) is 0 Å². The second-order valence-corrected chi connectivity index (χ2v) is 3.30. The van der Waals surface area contributed by atoms with Crippen LogP contribution < -0.4 is 5.73 Å². The average Bonchev–Trinajstić information content (AvgIpc) is 2.16. The van der Waals surface area contributed by atoms with Gasteiger partial charge in [-0.15, -0.1) is 11.6 Å². The average molecular weight is 192 g/mol. The fourth-order valence-corrected chi connectivity index (χ4v) is 1.75. The Morgan fingerprint density at radius 2 is 1.92 bits per heavy atom. The molecule has 2 N–H and O–H groups in total. The minimum Gasteiger partial charge on any atom is -0.399 e. The van der Waals surface area contributed by atoms with E-state index in [0.717, 1.165) is 16.6 Å². The fourth-order valence-electron chi connectivity index (χ4n) is 1.53. The molecule has 0 saturated heterocycles. The van der Waals surface area contributed by atoms with E-state index in [1.54, 1.807) is 0 Å². The summed E-state index contributed by atoms with van der Waals surface area (Å²) in [6.45, 7) is 0. The van der Waals surface area contributed by atoms with Crippen LogP contribution in [0.1, 0.15) is 5.56 Å². The summed E-state index contributed by atoms with van der Waals surface area (Å²) in [5.41, 5.74) is 7.61. The summed E-state index contributed by atoms with van der Waals surface area (Å²) >= 11 is 5.82. The molecule has 0 atom stereocenters. The van der Waals surface area contributed by atoms with Gasteiger partial charge in [0.2, 0.25) is 0 Å². The normalized spacial score (nSPS) is 10.5. The molecule has 13 heavy (non-hydrogen) atoms. The molecular formula is C11H10ClN. The lowest BCUT2D eigenvalue weighted by Gasteiger charge is -2.04. The van der Waals surface area contributed by atoms with Crippen molar-refractivity contribution in [2.45, 2.75) is 5.88 Å². The number of nitrogen functional groups attached to an aromatic ring is 1. The van der Waals surface area contributed by atoms with Gasteiger partial charge in [-0.1, -0.05) is 24.3 Å². The van der Waals surface area contributed by atoms with Gasteiger partial charge in [-0.25, -0.2) is 0 Å². The van der Waals surface area contributed by atoms with Gasteiger partial charge in [0, 0.05) is 11.6 Å². The summed E-state index contributed by atoms with van der Waals surface area (Å²) in [5.74, 6) is 0.506. The van der Waals surface area contributed by atoms with Crippen LogP contribution >= 0.6 is 11.6 Å². The van der Waals surface area contributed by atoms with Crippen molar-refractivity contribution in [1.29, 1.82) is 0 Å². The summed E-state index contributed by atoms with van der Waals surface area (Å²) in [4.78, 5) is 0. The van der Waals surface area contributed by atoms with Gasteiger partial charge < -0.3 is 5.73 Å². The summed E-state index contributed by atoms with van der Waals surface area (Å²) < 4.78 is 0. The highest BCUT2D eigenvalue weighted by molar-refractivity contribution is 6.18. The fraction of sp³-hybridized carbons (Fsp3) is 0.0909. The Bertz CT molecular complexity index is 437. The number of halogens is 1. The van der Waals surface area contributed by atoms with E-state index in [1.807, 2.05) is 30.3 Å². The number of hydrogen-bond donors (Lipinski definition) is 1. The Kier molecular flexibility index (Phi) is 2.11. The number of fused-ring (bicyclic) bond motifs is 1. The second-order valence-electron chi connectivity index (χ2n) is 3.03. The summed E-state index contributed by atoms with van der Waals surface area (Å²) in [5, 5.41) is 2.34. The van der Waals surface area contributed by atoms with Gasteiger partial charge in [0.05, 0.1) is 0 Å². The van der Waals surface area contributed by atoms with Crippen LogP contribution in [0.5, 0.6) is 0 Å². The molecule has 2 rings (SSSR count). The molecule has 0 aliphatic carbocycles. The summed E-state index contributed by atoms with van der Waals surface area (Å²) in [7, 11) is 0. The first-order valence-corrected chi connectivity index (χ1v) is 4.68. The molecular weight excluding hydrogens is 182 g/mol. The first kappa shape index (κ1) is 8.39. The minimum atomic E-state index is 0.506. The Morgan fingerprint density at radius 1 is 1.15 bits per heavy atom. The Labute approximate surface area is 82.1 Å². The molecule has 0 amide bonds. The van der Waals surface area contributed by atoms with Crippen LogP contribution in [-0.4, -0.2) is 0 Å². The number of rotatable bonds is 1. The van der Waals surface area contributed by atoms with Crippen LogP contribution in [0.4, 0.5) is 5.69 Å². The molecule has 2 heteroatoms. The second kappa shape index (κ2) is 3.27. The van der Waals surface area contributed by atoms with Crippen LogP contribution in [0.2, 0.25) is 0 Å². The third kappa shape index (κ3) is 1.47. The first-order chi connectivity index (χ1) is 6.31. The monoisotopic (exact) mass is 191 g/mol. The Morgan fingerprint density at radius 3 is 2.69 bits per heavy atom. The third-order valence-electron chi connectivity index (χ3n) is 2.11. The predicted octanol–water partition coefficient (Wildman–Crippen LogP) is 3.16. The molecule has 2 aromatic carbocycles. The topological polar surface area (TPSA) is 26.0 Å². The molecule has 0 aliphatic heterocycles. The molecule has 0 bridgehead atoms. The first-order valence-electron chi connectivity index (χ1n) is 4.14. The standard InChI is InChI=1S/C11H10ClN/c12-7-9-6-10(13)5-8-3-1-2-4-11(8)9/h1-6H,7,13H2. The number of anilines is 1. The van der Waals surface area contributed by atoms with Gasteiger partial charge >= 0.3 is 0 Å². The van der Waals surface area contributed by atoms with Crippen LogP contribution in [0.15, 0.2) is 36.4 Å². The van der Waals surface area contributed by atoms with Crippen molar-refractivity contribution in [1.82, 2.24) is 0 Å². The zero-order chi connectivity index (χ0) is 9.26. The zero-order valence-corrected chi connectivity index (χ0v) is 7.88. The molecule has 0 spiro atoms. The SMILES string of the molecule is Nc1cc(CCl)c2ccccc2c1. The highest BCUT2D eigenvalue weighted by Gasteiger charge is 2.00. The van der Waals surface area contributed by atoms with Gasteiger partial charge in [-0.2, -0.15) is 0 Å². The van der Waals surface area contributed by atoms with Crippen LogP contribution in [0, 0.1) is 0 Å². The molecule has 66 valence electrons. The Hall–Kier alpha value is -1.21. The van der Waals surface area contributed by atoms with E-state index in [2.05, 4.69) is 6.07 Å². The maximum Gasteiger partial charge on any atom is 0.0480 e. The van der Waals surface area contributed by atoms with E-state index in [-0.39, 0.29) is 0 Å². The number of benzene rings is 2. The highest BCUT2D eigenvalue weighted by atomic mass is 35.5. The number of nitrogens with two attached hydrogens (primary N) is 1. The molecule has 0 radical (unpaired) electrons. The quantitative estimate of drug-likeness (QED) is 0.544. The summed E-state index contributed by atoms with van der Waals surface area (Å²) in [6, 6.07) is 12.0. The molecule has 1 nitrogen and oxygen atoms in total.